The van der Waals surface area contributed by atoms with Crippen LogP contribution in [0.2, 0.25) is 5.02 Å². The number of amides is 2. The fraction of sp³-hybridized carbons (Fsp3) is 0.0833. The SMILES string of the molecule is CCOc1ccc(C2=C(Nc3ccccc3)C(=O)N(c3ccccc3Cl)C2=O)cc1. The second-order valence-corrected chi connectivity index (χ2v) is 7.00. The molecule has 2 amide bonds. The molecule has 0 saturated carbocycles. The number of benzene rings is 3. The fourth-order valence-electron chi connectivity index (χ4n) is 3.32. The van der Waals surface area contributed by atoms with Gasteiger partial charge in [-0.25, -0.2) is 4.90 Å². The summed E-state index contributed by atoms with van der Waals surface area (Å²) in [5.74, 6) is -0.198. The highest BCUT2D eigenvalue weighted by molar-refractivity contribution is 6.48. The monoisotopic (exact) mass is 418 g/mol. The van der Waals surface area contributed by atoms with E-state index in [0.717, 1.165) is 4.90 Å². The van der Waals surface area contributed by atoms with Crippen LogP contribution in [0.5, 0.6) is 5.75 Å². The molecule has 4 rings (SSSR count). The first kappa shape index (κ1) is 19.7. The van der Waals surface area contributed by atoms with Crippen LogP contribution in [-0.2, 0) is 9.59 Å². The highest BCUT2D eigenvalue weighted by atomic mass is 35.5. The zero-order valence-corrected chi connectivity index (χ0v) is 17.0. The number of carbonyl (C=O) groups excluding carboxylic acids is 2. The van der Waals surface area contributed by atoms with Gasteiger partial charge in [0.25, 0.3) is 11.8 Å². The van der Waals surface area contributed by atoms with Crippen LogP contribution >= 0.6 is 11.6 Å². The summed E-state index contributed by atoms with van der Waals surface area (Å²) in [7, 11) is 0. The van der Waals surface area contributed by atoms with Crippen LogP contribution in [0.3, 0.4) is 0 Å². The Bertz CT molecular complexity index is 1120. The van der Waals surface area contributed by atoms with Gasteiger partial charge in [0.15, 0.2) is 0 Å². The molecule has 0 unspecified atom stereocenters. The predicted molar refractivity (Wildman–Crippen MR) is 119 cm³/mol. The van der Waals surface area contributed by atoms with Gasteiger partial charge < -0.3 is 10.1 Å². The van der Waals surface area contributed by atoms with Gasteiger partial charge >= 0.3 is 0 Å². The highest BCUT2D eigenvalue weighted by Crippen LogP contribution is 2.36. The number of para-hydroxylation sites is 2. The Kier molecular flexibility index (Phi) is 5.55. The summed E-state index contributed by atoms with van der Waals surface area (Å²) in [6.07, 6.45) is 0. The van der Waals surface area contributed by atoms with Crippen molar-refractivity contribution < 1.29 is 14.3 Å². The average molecular weight is 419 g/mol. The van der Waals surface area contributed by atoms with E-state index in [-0.39, 0.29) is 11.3 Å². The third-order valence-corrected chi connectivity index (χ3v) is 4.99. The largest absolute Gasteiger partial charge is 0.494 e. The molecule has 0 saturated heterocycles. The molecule has 6 heteroatoms. The molecule has 0 aromatic heterocycles. The molecule has 3 aromatic rings. The van der Waals surface area contributed by atoms with Crippen LogP contribution in [0.1, 0.15) is 12.5 Å². The molecule has 1 aliphatic rings. The fourth-order valence-corrected chi connectivity index (χ4v) is 3.54. The summed E-state index contributed by atoms with van der Waals surface area (Å²) in [5, 5.41) is 3.45. The van der Waals surface area contributed by atoms with E-state index in [4.69, 9.17) is 16.3 Å². The summed E-state index contributed by atoms with van der Waals surface area (Å²) in [6.45, 7) is 2.44. The summed E-state index contributed by atoms with van der Waals surface area (Å²) < 4.78 is 5.49. The van der Waals surface area contributed by atoms with Crippen molar-refractivity contribution in [2.45, 2.75) is 6.92 Å². The summed E-state index contributed by atoms with van der Waals surface area (Å²) in [4.78, 5) is 27.8. The van der Waals surface area contributed by atoms with Gasteiger partial charge in [-0.15, -0.1) is 0 Å². The number of carbonyl (C=O) groups is 2. The molecule has 0 atom stereocenters. The summed E-state index contributed by atoms with van der Waals surface area (Å²) >= 11 is 6.29. The van der Waals surface area contributed by atoms with Crippen LogP contribution < -0.4 is 15.0 Å². The van der Waals surface area contributed by atoms with Gasteiger partial charge in [0, 0.05) is 5.69 Å². The van der Waals surface area contributed by atoms with Crippen molar-refractivity contribution in [1.82, 2.24) is 0 Å². The average Bonchev–Trinajstić information content (AvgIpc) is 3.00. The molecule has 1 aliphatic heterocycles. The number of hydrogen-bond acceptors (Lipinski definition) is 4. The van der Waals surface area contributed by atoms with Crippen molar-refractivity contribution in [3.05, 3.63) is 95.1 Å². The molecular formula is C24H19ClN2O3. The lowest BCUT2D eigenvalue weighted by Crippen LogP contribution is -2.32. The molecule has 3 aromatic carbocycles. The summed E-state index contributed by atoms with van der Waals surface area (Å²) in [6, 6.07) is 23.1. The Morgan fingerprint density at radius 3 is 2.20 bits per heavy atom. The van der Waals surface area contributed by atoms with Gasteiger partial charge in [-0.05, 0) is 48.9 Å². The maximum Gasteiger partial charge on any atom is 0.282 e. The Labute approximate surface area is 179 Å². The van der Waals surface area contributed by atoms with Crippen molar-refractivity contribution in [2.75, 3.05) is 16.8 Å². The summed E-state index contributed by atoms with van der Waals surface area (Å²) in [5.41, 5.74) is 2.16. The Hall–Kier alpha value is -3.57. The van der Waals surface area contributed by atoms with E-state index in [1.165, 1.54) is 0 Å². The van der Waals surface area contributed by atoms with E-state index < -0.39 is 11.8 Å². The van der Waals surface area contributed by atoms with Crippen molar-refractivity contribution in [3.63, 3.8) is 0 Å². The van der Waals surface area contributed by atoms with E-state index in [2.05, 4.69) is 5.32 Å². The minimum absolute atomic E-state index is 0.204. The van der Waals surface area contributed by atoms with Gasteiger partial charge in [-0.3, -0.25) is 9.59 Å². The van der Waals surface area contributed by atoms with Gasteiger partial charge in [-0.2, -0.15) is 0 Å². The molecule has 5 nitrogen and oxygen atoms in total. The normalized spacial score (nSPS) is 13.7. The van der Waals surface area contributed by atoms with Gasteiger partial charge in [0.2, 0.25) is 0 Å². The third kappa shape index (κ3) is 3.67. The van der Waals surface area contributed by atoms with E-state index in [1.54, 1.807) is 48.5 Å². The van der Waals surface area contributed by atoms with Gasteiger partial charge in [-0.1, -0.05) is 54.1 Å². The molecule has 0 fully saturated rings. The zero-order chi connectivity index (χ0) is 21.1. The number of nitrogens with zero attached hydrogens (tertiary/aromatic N) is 1. The van der Waals surface area contributed by atoms with E-state index in [9.17, 15) is 9.59 Å². The molecule has 1 heterocycles. The van der Waals surface area contributed by atoms with E-state index >= 15 is 0 Å². The van der Waals surface area contributed by atoms with Crippen molar-refractivity contribution in [1.29, 1.82) is 0 Å². The second-order valence-electron chi connectivity index (χ2n) is 6.60. The lowest BCUT2D eigenvalue weighted by atomic mass is 10.0. The molecule has 30 heavy (non-hydrogen) atoms. The third-order valence-electron chi connectivity index (χ3n) is 4.67. The van der Waals surface area contributed by atoms with Gasteiger partial charge in [0.05, 0.1) is 22.9 Å². The minimum atomic E-state index is -0.458. The van der Waals surface area contributed by atoms with Crippen LogP contribution in [0, 0.1) is 0 Å². The second kappa shape index (κ2) is 8.43. The molecule has 150 valence electrons. The number of rotatable bonds is 6. The maximum absolute atomic E-state index is 13.4. The minimum Gasteiger partial charge on any atom is -0.494 e. The quantitative estimate of drug-likeness (QED) is 0.563. The molecule has 0 bridgehead atoms. The van der Waals surface area contributed by atoms with Gasteiger partial charge in [0.1, 0.15) is 11.4 Å². The number of nitrogens with one attached hydrogen (secondary N) is 1. The Morgan fingerprint density at radius 2 is 1.53 bits per heavy atom. The highest BCUT2D eigenvalue weighted by Gasteiger charge is 2.41. The molecule has 0 aliphatic carbocycles. The number of hydrogen-bond donors (Lipinski definition) is 1. The predicted octanol–water partition coefficient (Wildman–Crippen LogP) is 5.14. The zero-order valence-electron chi connectivity index (χ0n) is 16.3. The van der Waals surface area contributed by atoms with Crippen LogP contribution in [0.4, 0.5) is 11.4 Å². The van der Waals surface area contributed by atoms with Crippen molar-refractivity contribution in [3.8, 4) is 5.75 Å². The number of ether oxygens (including phenoxy) is 1. The van der Waals surface area contributed by atoms with Crippen LogP contribution in [0.25, 0.3) is 5.57 Å². The van der Waals surface area contributed by atoms with Crippen LogP contribution in [0.15, 0.2) is 84.6 Å². The number of anilines is 2. The molecule has 1 N–H and O–H groups in total. The Balaban J connectivity index is 1.80. The lowest BCUT2D eigenvalue weighted by molar-refractivity contribution is -0.120. The topological polar surface area (TPSA) is 58.6 Å². The molecule has 0 spiro atoms. The first-order valence-corrected chi connectivity index (χ1v) is 9.91. The number of imide groups is 1. The van der Waals surface area contributed by atoms with Crippen molar-refractivity contribution >= 4 is 40.4 Å². The number of halogens is 1. The standard InChI is InChI=1S/C24H19ClN2O3/c1-2-30-18-14-12-16(13-15-18)21-22(26-17-8-4-3-5-9-17)24(29)27(23(21)28)20-11-7-6-10-19(20)25/h3-15,26H,2H2,1H3. The van der Waals surface area contributed by atoms with Crippen LogP contribution in [-0.4, -0.2) is 18.4 Å². The smallest absolute Gasteiger partial charge is 0.282 e. The Morgan fingerprint density at radius 1 is 0.867 bits per heavy atom. The first-order chi connectivity index (χ1) is 14.6. The van der Waals surface area contributed by atoms with Crippen molar-refractivity contribution in [2.24, 2.45) is 0 Å². The lowest BCUT2D eigenvalue weighted by Gasteiger charge is -2.16. The molecular weight excluding hydrogens is 400 g/mol. The van der Waals surface area contributed by atoms with E-state index in [0.29, 0.717) is 34.3 Å². The molecule has 0 radical (unpaired) electrons. The first-order valence-electron chi connectivity index (χ1n) is 9.53. The van der Waals surface area contributed by atoms with E-state index in [1.807, 2.05) is 37.3 Å². The maximum atomic E-state index is 13.4.